The standard InChI is InChI=1S/C18H17NO5/c1-12-3-8-16-15(11-12)17(20)24-18(21)19(16)9-10-23-14-6-4-13(22-2)5-7-14/h3-8,11H,9-10H2,1-2H3. The van der Waals surface area contributed by atoms with Gasteiger partial charge >= 0.3 is 11.4 Å². The molecule has 1 heterocycles. The molecule has 6 nitrogen and oxygen atoms in total. The van der Waals surface area contributed by atoms with Crippen LogP contribution in [0.4, 0.5) is 0 Å². The number of fused-ring (bicyclic) bond motifs is 1. The zero-order chi connectivity index (χ0) is 17.1. The van der Waals surface area contributed by atoms with Gasteiger partial charge in [-0.05, 0) is 43.3 Å². The zero-order valence-electron chi connectivity index (χ0n) is 13.4. The number of hydrogen-bond acceptors (Lipinski definition) is 5. The Kier molecular flexibility index (Phi) is 4.37. The summed E-state index contributed by atoms with van der Waals surface area (Å²) in [5, 5.41) is 0.388. The van der Waals surface area contributed by atoms with E-state index in [2.05, 4.69) is 0 Å². The van der Waals surface area contributed by atoms with E-state index >= 15 is 0 Å². The molecule has 1 aromatic heterocycles. The molecule has 0 radical (unpaired) electrons. The third-order valence-electron chi connectivity index (χ3n) is 3.71. The Bertz CT molecular complexity index is 969. The van der Waals surface area contributed by atoms with Gasteiger partial charge in [0.2, 0.25) is 0 Å². The highest BCUT2D eigenvalue weighted by Crippen LogP contribution is 2.17. The van der Waals surface area contributed by atoms with Crippen molar-refractivity contribution >= 4 is 10.9 Å². The molecular weight excluding hydrogens is 310 g/mol. The minimum Gasteiger partial charge on any atom is -0.497 e. The summed E-state index contributed by atoms with van der Waals surface area (Å²) in [5.74, 6) is 0.723. The Balaban J connectivity index is 1.82. The fraction of sp³-hybridized carbons (Fsp3) is 0.222. The van der Waals surface area contributed by atoms with Crippen LogP contribution in [-0.2, 0) is 6.54 Å². The summed E-state index contributed by atoms with van der Waals surface area (Å²) >= 11 is 0. The predicted molar refractivity (Wildman–Crippen MR) is 90.0 cm³/mol. The molecule has 2 aromatic carbocycles. The molecule has 24 heavy (non-hydrogen) atoms. The van der Waals surface area contributed by atoms with Crippen LogP contribution in [0.25, 0.3) is 10.9 Å². The van der Waals surface area contributed by atoms with E-state index in [1.165, 1.54) is 4.57 Å². The number of ether oxygens (including phenoxy) is 2. The van der Waals surface area contributed by atoms with Crippen LogP contribution in [0.15, 0.2) is 56.5 Å². The molecule has 0 aliphatic rings. The minimum atomic E-state index is -0.685. The molecule has 0 amide bonds. The molecule has 0 fully saturated rings. The summed E-state index contributed by atoms with van der Waals surface area (Å²) in [7, 11) is 1.60. The SMILES string of the molecule is COc1ccc(OCCn2c(=O)oc(=O)c3cc(C)ccc32)cc1. The summed E-state index contributed by atoms with van der Waals surface area (Å²) in [4.78, 5) is 23.8. The lowest BCUT2D eigenvalue weighted by molar-refractivity contribution is 0.287. The van der Waals surface area contributed by atoms with Gasteiger partial charge in [0.1, 0.15) is 18.1 Å². The molecule has 0 spiro atoms. The summed E-state index contributed by atoms with van der Waals surface area (Å²) in [5.41, 5.74) is 0.848. The van der Waals surface area contributed by atoms with E-state index in [1.807, 2.05) is 13.0 Å². The van der Waals surface area contributed by atoms with Gasteiger partial charge < -0.3 is 13.9 Å². The van der Waals surface area contributed by atoms with E-state index < -0.39 is 11.4 Å². The van der Waals surface area contributed by atoms with Gasteiger partial charge in [-0.15, -0.1) is 0 Å². The highest BCUT2D eigenvalue weighted by atomic mass is 16.5. The fourth-order valence-corrected chi connectivity index (χ4v) is 2.47. The lowest BCUT2D eigenvalue weighted by Crippen LogP contribution is -2.27. The topological polar surface area (TPSA) is 70.7 Å². The van der Waals surface area contributed by atoms with Gasteiger partial charge in [-0.3, -0.25) is 4.57 Å². The molecule has 0 atom stereocenters. The lowest BCUT2D eigenvalue weighted by Gasteiger charge is -2.10. The van der Waals surface area contributed by atoms with Gasteiger partial charge in [0.05, 0.1) is 24.6 Å². The van der Waals surface area contributed by atoms with Crippen LogP contribution in [0.1, 0.15) is 5.56 Å². The number of nitrogens with zero attached hydrogens (tertiary/aromatic N) is 1. The summed E-state index contributed by atoms with van der Waals surface area (Å²) in [6, 6.07) is 12.5. The van der Waals surface area contributed by atoms with Crippen LogP contribution >= 0.6 is 0 Å². The number of aryl methyl sites for hydroxylation is 1. The van der Waals surface area contributed by atoms with Crippen molar-refractivity contribution in [2.75, 3.05) is 13.7 Å². The van der Waals surface area contributed by atoms with Crippen LogP contribution in [0, 0.1) is 6.92 Å². The van der Waals surface area contributed by atoms with Gasteiger partial charge in [0.25, 0.3) is 0 Å². The third kappa shape index (κ3) is 3.17. The minimum absolute atomic E-state index is 0.267. The predicted octanol–water partition coefficient (Wildman–Crippen LogP) is 2.35. The fourth-order valence-electron chi connectivity index (χ4n) is 2.47. The highest BCUT2D eigenvalue weighted by molar-refractivity contribution is 5.78. The smallest absolute Gasteiger partial charge is 0.422 e. The summed E-state index contributed by atoms with van der Waals surface area (Å²) < 4.78 is 16.9. The maximum Gasteiger partial charge on any atom is 0.422 e. The van der Waals surface area contributed by atoms with Crippen LogP contribution in [0.5, 0.6) is 11.5 Å². The first-order valence-corrected chi connectivity index (χ1v) is 7.49. The molecule has 0 N–H and O–H groups in total. The second kappa shape index (κ2) is 6.62. The first-order chi connectivity index (χ1) is 11.6. The van der Waals surface area contributed by atoms with Gasteiger partial charge in [0, 0.05) is 0 Å². The highest BCUT2D eigenvalue weighted by Gasteiger charge is 2.09. The van der Waals surface area contributed by atoms with Crippen molar-refractivity contribution in [3.63, 3.8) is 0 Å². The molecular formula is C18H17NO5. The van der Waals surface area contributed by atoms with Crippen molar-refractivity contribution in [2.24, 2.45) is 0 Å². The number of hydrogen-bond donors (Lipinski definition) is 0. The summed E-state index contributed by atoms with van der Waals surface area (Å²) in [6.07, 6.45) is 0. The number of aromatic nitrogens is 1. The van der Waals surface area contributed by atoms with Crippen LogP contribution in [-0.4, -0.2) is 18.3 Å². The van der Waals surface area contributed by atoms with E-state index in [0.717, 1.165) is 11.3 Å². The Hall–Kier alpha value is -3.02. The lowest BCUT2D eigenvalue weighted by atomic mass is 10.2. The van der Waals surface area contributed by atoms with Crippen LogP contribution in [0.2, 0.25) is 0 Å². The maximum atomic E-state index is 12.0. The Morgan fingerprint density at radius 2 is 1.75 bits per heavy atom. The van der Waals surface area contributed by atoms with E-state index in [4.69, 9.17) is 13.9 Å². The molecule has 3 rings (SSSR count). The van der Waals surface area contributed by atoms with E-state index in [-0.39, 0.29) is 13.2 Å². The van der Waals surface area contributed by atoms with Crippen molar-refractivity contribution < 1.29 is 13.9 Å². The molecule has 0 aliphatic carbocycles. The van der Waals surface area contributed by atoms with Gasteiger partial charge in [-0.2, -0.15) is 0 Å². The molecule has 0 aliphatic heterocycles. The molecule has 124 valence electrons. The second-order valence-corrected chi connectivity index (χ2v) is 5.35. The van der Waals surface area contributed by atoms with Gasteiger partial charge in [-0.1, -0.05) is 11.6 Å². The van der Waals surface area contributed by atoms with Gasteiger partial charge in [0.15, 0.2) is 0 Å². The molecule has 6 heteroatoms. The van der Waals surface area contributed by atoms with Crippen molar-refractivity contribution in [1.82, 2.24) is 4.57 Å². The Morgan fingerprint density at radius 3 is 2.46 bits per heavy atom. The van der Waals surface area contributed by atoms with Crippen molar-refractivity contribution in [1.29, 1.82) is 0 Å². The van der Waals surface area contributed by atoms with Crippen LogP contribution in [0.3, 0.4) is 0 Å². The third-order valence-corrected chi connectivity index (χ3v) is 3.71. The number of methoxy groups -OCH3 is 1. The average molecular weight is 327 g/mol. The van der Waals surface area contributed by atoms with E-state index in [0.29, 0.717) is 16.7 Å². The molecule has 0 saturated carbocycles. The van der Waals surface area contributed by atoms with Crippen molar-refractivity contribution in [3.8, 4) is 11.5 Å². The molecule has 0 unspecified atom stereocenters. The normalized spacial score (nSPS) is 10.8. The molecule has 0 saturated heterocycles. The molecule has 3 aromatic rings. The first kappa shape index (κ1) is 15.9. The van der Waals surface area contributed by atoms with Crippen molar-refractivity contribution in [2.45, 2.75) is 13.5 Å². The van der Waals surface area contributed by atoms with Gasteiger partial charge in [-0.25, -0.2) is 9.59 Å². The Morgan fingerprint density at radius 1 is 1.04 bits per heavy atom. The quantitative estimate of drug-likeness (QED) is 0.719. The molecule has 0 bridgehead atoms. The zero-order valence-corrected chi connectivity index (χ0v) is 13.4. The number of rotatable bonds is 5. The number of benzene rings is 2. The van der Waals surface area contributed by atoms with E-state index in [9.17, 15) is 9.59 Å². The second-order valence-electron chi connectivity index (χ2n) is 5.35. The van der Waals surface area contributed by atoms with Crippen molar-refractivity contribution in [3.05, 3.63) is 69.0 Å². The Labute approximate surface area is 137 Å². The van der Waals surface area contributed by atoms with Crippen LogP contribution < -0.4 is 20.9 Å². The monoisotopic (exact) mass is 327 g/mol. The maximum absolute atomic E-state index is 12.0. The first-order valence-electron chi connectivity index (χ1n) is 7.49. The average Bonchev–Trinajstić information content (AvgIpc) is 2.58. The summed E-state index contributed by atoms with van der Waals surface area (Å²) in [6.45, 7) is 2.41. The van der Waals surface area contributed by atoms with E-state index in [1.54, 1.807) is 43.5 Å². The largest absolute Gasteiger partial charge is 0.497 e.